The molecular formula is C29H33F3N8O2S. The van der Waals surface area contributed by atoms with Gasteiger partial charge in [0, 0.05) is 30.9 Å². The molecule has 2 atom stereocenters. The number of pyridine rings is 1. The SMILES string of the molecule is CCN(CC)[C@@H](C)CNC(=O)c1cc(-c2cnn3ccc(-c4cccs4)nc23)nc(N2CC[C@H]2C(=O)NCC(F)(F)F)c1. The van der Waals surface area contributed by atoms with Gasteiger partial charge in [0.05, 0.1) is 28.0 Å². The lowest BCUT2D eigenvalue weighted by Gasteiger charge is -2.41. The highest BCUT2D eigenvalue weighted by molar-refractivity contribution is 7.13. The number of anilines is 1. The Hall–Kier alpha value is -4.04. The molecule has 43 heavy (non-hydrogen) atoms. The van der Waals surface area contributed by atoms with Gasteiger partial charge in [-0.3, -0.25) is 14.5 Å². The lowest BCUT2D eigenvalue weighted by atomic mass is 10.0. The zero-order valence-electron chi connectivity index (χ0n) is 24.1. The highest BCUT2D eigenvalue weighted by Gasteiger charge is 2.38. The number of fused-ring (bicyclic) bond motifs is 1. The number of aromatic nitrogens is 4. The van der Waals surface area contributed by atoms with Crippen LogP contribution in [0.4, 0.5) is 19.0 Å². The topological polar surface area (TPSA) is 108 Å². The zero-order chi connectivity index (χ0) is 30.7. The predicted molar refractivity (Wildman–Crippen MR) is 159 cm³/mol. The van der Waals surface area contributed by atoms with E-state index in [1.165, 1.54) is 0 Å². The van der Waals surface area contributed by atoms with E-state index in [1.54, 1.807) is 45.3 Å². The Bertz CT molecular complexity index is 1590. The van der Waals surface area contributed by atoms with Crippen LogP contribution in [-0.4, -0.2) is 87.3 Å². The molecule has 0 bridgehead atoms. The Morgan fingerprint density at radius 3 is 2.58 bits per heavy atom. The minimum absolute atomic E-state index is 0.108. The molecule has 10 nitrogen and oxygen atoms in total. The molecule has 1 fully saturated rings. The molecule has 2 amide bonds. The maximum atomic E-state index is 13.4. The summed E-state index contributed by atoms with van der Waals surface area (Å²) in [4.78, 5) is 40.4. The maximum Gasteiger partial charge on any atom is 0.405 e. The normalized spacial score (nSPS) is 15.9. The first-order valence-corrected chi connectivity index (χ1v) is 15.0. The molecule has 1 aliphatic rings. The zero-order valence-corrected chi connectivity index (χ0v) is 24.9. The summed E-state index contributed by atoms with van der Waals surface area (Å²) in [5.41, 5.74) is 2.57. The molecule has 0 radical (unpaired) electrons. The molecule has 1 aliphatic heterocycles. The van der Waals surface area contributed by atoms with Crippen LogP contribution in [0.3, 0.4) is 0 Å². The monoisotopic (exact) mass is 614 g/mol. The number of likely N-dealkylation sites (N-methyl/N-ethyl adjacent to an activating group) is 1. The van der Waals surface area contributed by atoms with Crippen molar-refractivity contribution in [2.45, 2.75) is 45.5 Å². The molecule has 0 aliphatic carbocycles. The summed E-state index contributed by atoms with van der Waals surface area (Å²) in [6.45, 7) is 7.26. The van der Waals surface area contributed by atoms with Crippen molar-refractivity contribution in [3.63, 3.8) is 0 Å². The van der Waals surface area contributed by atoms with E-state index in [2.05, 4.69) is 29.2 Å². The molecular weight excluding hydrogens is 581 g/mol. The molecule has 0 aromatic carbocycles. The van der Waals surface area contributed by atoms with Crippen molar-refractivity contribution in [2.24, 2.45) is 0 Å². The minimum atomic E-state index is -4.52. The third-order valence-corrected chi connectivity index (χ3v) is 8.46. The number of nitrogens with zero attached hydrogens (tertiary/aromatic N) is 6. The van der Waals surface area contributed by atoms with E-state index in [0.29, 0.717) is 47.8 Å². The second-order valence-electron chi connectivity index (χ2n) is 10.3. The predicted octanol–water partition coefficient (Wildman–Crippen LogP) is 4.24. The molecule has 0 saturated carbocycles. The van der Waals surface area contributed by atoms with E-state index in [4.69, 9.17) is 9.97 Å². The number of thiophene rings is 1. The van der Waals surface area contributed by atoms with Crippen LogP contribution in [0.5, 0.6) is 0 Å². The van der Waals surface area contributed by atoms with Gasteiger partial charge in [0.25, 0.3) is 5.91 Å². The number of carbonyl (C=O) groups is 2. The van der Waals surface area contributed by atoms with Gasteiger partial charge in [-0.2, -0.15) is 18.3 Å². The van der Waals surface area contributed by atoms with Crippen LogP contribution in [0, 0.1) is 0 Å². The third-order valence-electron chi connectivity index (χ3n) is 7.57. The summed E-state index contributed by atoms with van der Waals surface area (Å²) in [5, 5.41) is 11.3. The van der Waals surface area contributed by atoms with Gasteiger partial charge < -0.3 is 15.5 Å². The number of rotatable bonds is 11. The van der Waals surface area contributed by atoms with Crippen LogP contribution < -0.4 is 15.5 Å². The van der Waals surface area contributed by atoms with Gasteiger partial charge in [-0.1, -0.05) is 19.9 Å². The van der Waals surface area contributed by atoms with Crippen LogP contribution in [-0.2, 0) is 4.79 Å². The molecule has 1 saturated heterocycles. The lowest BCUT2D eigenvalue weighted by Crippen LogP contribution is -2.57. The fourth-order valence-corrected chi connectivity index (χ4v) is 5.80. The Morgan fingerprint density at radius 2 is 1.93 bits per heavy atom. The van der Waals surface area contributed by atoms with Gasteiger partial charge in [0.15, 0.2) is 5.65 Å². The molecule has 0 unspecified atom stereocenters. The van der Waals surface area contributed by atoms with E-state index in [-0.39, 0.29) is 11.9 Å². The number of alkyl halides is 3. The van der Waals surface area contributed by atoms with Gasteiger partial charge in [0.1, 0.15) is 18.4 Å². The fourth-order valence-electron chi connectivity index (χ4n) is 5.10. The van der Waals surface area contributed by atoms with Crippen molar-refractivity contribution in [1.82, 2.24) is 35.1 Å². The molecule has 228 valence electrons. The Kier molecular flexibility index (Phi) is 8.97. The number of hydrogen-bond acceptors (Lipinski definition) is 8. The quantitative estimate of drug-likeness (QED) is 0.260. The second-order valence-corrected chi connectivity index (χ2v) is 11.3. The van der Waals surface area contributed by atoms with E-state index in [0.717, 1.165) is 23.7 Å². The smallest absolute Gasteiger partial charge is 0.350 e. The molecule has 5 heterocycles. The lowest BCUT2D eigenvalue weighted by molar-refractivity contribution is -0.139. The van der Waals surface area contributed by atoms with Gasteiger partial charge in [-0.15, -0.1) is 11.3 Å². The largest absolute Gasteiger partial charge is 0.405 e. The summed E-state index contributed by atoms with van der Waals surface area (Å²) in [7, 11) is 0. The summed E-state index contributed by atoms with van der Waals surface area (Å²) >= 11 is 1.55. The first-order valence-electron chi connectivity index (χ1n) is 14.1. The van der Waals surface area contributed by atoms with E-state index in [9.17, 15) is 22.8 Å². The van der Waals surface area contributed by atoms with Gasteiger partial charge in [-0.25, -0.2) is 14.5 Å². The first kappa shape index (κ1) is 30.4. The van der Waals surface area contributed by atoms with Crippen molar-refractivity contribution >= 4 is 34.6 Å². The van der Waals surface area contributed by atoms with Crippen molar-refractivity contribution in [3.8, 4) is 21.8 Å². The molecule has 0 spiro atoms. The highest BCUT2D eigenvalue weighted by Crippen LogP contribution is 2.32. The van der Waals surface area contributed by atoms with Crippen molar-refractivity contribution in [2.75, 3.05) is 37.6 Å². The van der Waals surface area contributed by atoms with E-state index in [1.807, 2.05) is 35.8 Å². The molecule has 4 aromatic rings. The van der Waals surface area contributed by atoms with Crippen molar-refractivity contribution in [1.29, 1.82) is 0 Å². The van der Waals surface area contributed by atoms with Crippen LogP contribution in [0.2, 0.25) is 0 Å². The standard InChI is InChI=1S/C29H33F3N8O2S/c1-4-38(5-2)18(3)15-33-27(41)19-13-22(20-16-35-40-11-8-21(37-26(20)40)24-7-6-12-43-24)36-25(14-19)39-10-9-23(39)28(42)34-17-29(30,31)32/h6-8,11-14,16,18,23H,4-5,9-10,15,17H2,1-3H3,(H,33,41)(H,34,42)/t18-,23-/m0/s1. The number of halogens is 3. The Labute approximate surface area is 250 Å². The van der Waals surface area contributed by atoms with E-state index < -0.39 is 24.7 Å². The van der Waals surface area contributed by atoms with Crippen molar-refractivity contribution in [3.05, 3.63) is 53.7 Å². The van der Waals surface area contributed by atoms with Gasteiger partial charge in [-0.05, 0) is 56.1 Å². The van der Waals surface area contributed by atoms with Gasteiger partial charge >= 0.3 is 6.18 Å². The van der Waals surface area contributed by atoms with E-state index >= 15 is 0 Å². The third kappa shape index (κ3) is 6.80. The van der Waals surface area contributed by atoms with Crippen molar-refractivity contribution < 1.29 is 22.8 Å². The van der Waals surface area contributed by atoms with Crippen LogP contribution in [0.1, 0.15) is 37.6 Å². The molecule has 2 N–H and O–H groups in total. The van der Waals surface area contributed by atoms with Crippen LogP contribution in [0.15, 0.2) is 48.1 Å². The van der Waals surface area contributed by atoms with Crippen LogP contribution in [0.25, 0.3) is 27.5 Å². The number of nitrogens with one attached hydrogen (secondary N) is 2. The highest BCUT2D eigenvalue weighted by atomic mass is 32.1. The summed E-state index contributed by atoms with van der Waals surface area (Å²) < 4.78 is 39.8. The molecule has 4 aromatic heterocycles. The second kappa shape index (κ2) is 12.7. The number of amides is 2. The number of hydrogen-bond donors (Lipinski definition) is 2. The molecule has 14 heteroatoms. The first-order chi connectivity index (χ1) is 20.6. The summed E-state index contributed by atoms with van der Waals surface area (Å²) in [6, 6.07) is 8.26. The summed E-state index contributed by atoms with van der Waals surface area (Å²) in [6.07, 6.45) is -0.751. The Morgan fingerprint density at radius 1 is 1.14 bits per heavy atom. The maximum absolute atomic E-state index is 13.4. The van der Waals surface area contributed by atoms with Crippen LogP contribution >= 0.6 is 11.3 Å². The Balaban J connectivity index is 1.49. The average Bonchev–Trinajstić information content (AvgIpc) is 3.64. The molecule has 5 rings (SSSR count). The summed E-state index contributed by atoms with van der Waals surface area (Å²) in [5.74, 6) is -0.758. The fraction of sp³-hybridized carbons (Fsp3) is 0.414. The van der Waals surface area contributed by atoms with Gasteiger partial charge in [0.2, 0.25) is 5.91 Å². The number of carbonyl (C=O) groups excluding carboxylic acids is 2. The minimum Gasteiger partial charge on any atom is -0.350 e. The average molecular weight is 615 g/mol.